The quantitative estimate of drug-likeness (QED) is 0.448. The number of hydrogen-bond donors (Lipinski definition) is 1. The van der Waals surface area contributed by atoms with Gasteiger partial charge in [-0.2, -0.15) is 5.26 Å². The molecule has 4 nitrogen and oxygen atoms in total. The summed E-state index contributed by atoms with van der Waals surface area (Å²) < 4.78 is 1.88. The molecule has 102 valence electrons. The number of carbonyl (C=O) groups excluding carboxylic acids is 1. The lowest BCUT2D eigenvalue weighted by Crippen LogP contribution is -3.00. The highest BCUT2D eigenvalue weighted by Gasteiger charge is 2.15. The molecule has 2 aromatic rings. The largest absolute Gasteiger partial charge is 1.00 e. The first-order valence-electron chi connectivity index (χ1n) is 5.93. The van der Waals surface area contributed by atoms with Crippen LogP contribution in [0, 0.1) is 11.3 Å². The van der Waals surface area contributed by atoms with Crippen LogP contribution < -0.4 is 21.5 Å². The highest BCUT2D eigenvalue weighted by Crippen LogP contribution is 2.06. The molecule has 0 spiro atoms. The lowest BCUT2D eigenvalue weighted by atomic mass is 10.1. The number of nitriles is 1. The molecule has 0 aliphatic rings. The Morgan fingerprint density at radius 3 is 2.70 bits per heavy atom. The standard InChI is InChI=1S/C15H13N3O.BrH/c1-12(19)15-17-9-10-18(15)11-14-6-4-13(5-7-14)3-2-8-16;/h2-7,9-10H,11H2,1H3;1H. The summed E-state index contributed by atoms with van der Waals surface area (Å²) in [6.07, 6.45) is 6.80. The molecular weight excluding hydrogens is 318 g/mol. The van der Waals surface area contributed by atoms with Gasteiger partial charge in [0.05, 0.1) is 6.07 Å². The first kappa shape index (κ1) is 15.9. The smallest absolute Gasteiger partial charge is 0.323 e. The highest BCUT2D eigenvalue weighted by atomic mass is 79.9. The van der Waals surface area contributed by atoms with E-state index in [0.29, 0.717) is 12.4 Å². The van der Waals surface area contributed by atoms with Crippen molar-refractivity contribution >= 4 is 11.9 Å². The second kappa shape index (κ2) is 7.41. The van der Waals surface area contributed by atoms with Crippen LogP contribution in [0.25, 0.3) is 6.08 Å². The predicted octanol–water partition coefficient (Wildman–Crippen LogP) is -0.906. The predicted molar refractivity (Wildman–Crippen MR) is 71.2 cm³/mol. The number of rotatable bonds is 4. The van der Waals surface area contributed by atoms with E-state index in [4.69, 9.17) is 5.26 Å². The Kier molecular flexibility index (Phi) is 5.88. The van der Waals surface area contributed by atoms with Crippen molar-refractivity contribution in [3.63, 3.8) is 0 Å². The molecule has 20 heavy (non-hydrogen) atoms. The van der Waals surface area contributed by atoms with Crippen LogP contribution in [0.1, 0.15) is 28.7 Å². The van der Waals surface area contributed by atoms with Gasteiger partial charge in [-0.15, -0.1) is 0 Å². The number of H-pyrrole nitrogens is 1. The lowest BCUT2D eigenvalue weighted by molar-refractivity contribution is -0.688. The average molecular weight is 332 g/mol. The van der Waals surface area contributed by atoms with Crippen LogP contribution in [0.4, 0.5) is 0 Å². The molecule has 0 amide bonds. The van der Waals surface area contributed by atoms with Crippen LogP contribution >= 0.6 is 0 Å². The molecule has 0 aliphatic carbocycles. The van der Waals surface area contributed by atoms with Gasteiger partial charge in [0.15, 0.2) is 0 Å². The first-order chi connectivity index (χ1) is 9.20. The van der Waals surface area contributed by atoms with Crippen LogP contribution in [0.5, 0.6) is 0 Å². The topological polar surface area (TPSA) is 60.5 Å². The van der Waals surface area contributed by atoms with Gasteiger partial charge in [0.1, 0.15) is 18.9 Å². The number of aromatic nitrogens is 2. The minimum absolute atomic E-state index is 0. The molecule has 5 heteroatoms. The van der Waals surface area contributed by atoms with Gasteiger partial charge in [-0.3, -0.25) is 4.79 Å². The number of benzene rings is 1. The Morgan fingerprint density at radius 2 is 2.10 bits per heavy atom. The lowest BCUT2D eigenvalue weighted by Gasteiger charge is -2.00. The van der Waals surface area contributed by atoms with E-state index in [1.807, 2.05) is 41.1 Å². The van der Waals surface area contributed by atoms with E-state index in [1.165, 1.54) is 13.0 Å². The van der Waals surface area contributed by atoms with Gasteiger partial charge in [-0.25, -0.2) is 9.55 Å². The number of nitrogens with zero attached hydrogens (tertiary/aromatic N) is 2. The van der Waals surface area contributed by atoms with Crippen molar-refractivity contribution in [2.75, 3.05) is 0 Å². The van der Waals surface area contributed by atoms with E-state index in [1.54, 1.807) is 12.3 Å². The molecule has 1 aromatic carbocycles. The van der Waals surface area contributed by atoms with Gasteiger partial charge in [0, 0.05) is 13.0 Å². The fourth-order valence-corrected chi connectivity index (χ4v) is 1.86. The summed E-state index contributed by atoms with van der Waals surface area (Å²) in [7, 11) is 0. The highest BCUT2D eigenvalue weighted by molar-refractivity contribution is 5.88. The molecule has 0 saturated carbocycles. The zero-order valence-electron chi connectivity index (χ0n) is 11.0. The molecule has 1 heterocycles. The molecule has 0 saturated heterocycles. The number of aromatic amines is 1. The van der Waals surface area contributed by atoms with E-state index in [9.17, 15) is 4.79 Å². The maximum absolute atomic E-state index is 11.4. The summed E-state index contributed by atoms with van der Waals surface area (Å²) >= 11 is 0. The first-order valence-corrected chi connectivity index (χ1v) is 5.93. The summed E-state index contributed by atoms with van der Waals surface area (Å²) in [6.45, 7) is 2.18. The molecule has 0 radical (unpaired) electrons. The van der Waals surface area contributed by atoms with Gasteiger partial charge in [-0.1, -0.05) is 24.3 Å². The molecule has 0 atom stereocenters. The van der Waals surface area contributed by atoms with Crippen molar-refractivity contribution in [1.29, 1.82) is 5.26 Å². The van der Waals surface area contributed by atoms with Gasteiger partial charge in [0.25, 0.3) is 0 Å². The fourth-order valence-electron chi connectivity index (χ4n) is 1.86. The third-order valence-corrected chi connectivity index (χ3v) is 2.78. The van der Waals surface area contributed by atoms with Crippen LogP contribution in [0.15, 0.2) is 42.7 Å². The Hall–Kier alpha value is -2.19. The second-order valence-corrected chi connectivity index (χ2v) is 4.20. The number of carbonyl (C=O) groups is 1. The van der Waals surface area contributed by atoms with E-state index < -0.39 is 0 Å². The monoisotopic (exact) mass is 331 g/mol. The maximum Gasteiger partial charge on any atom is 0.323 e. The van der Waals surface area contributed by atoms with Crippen molar-refractivity contribution in [3.8, 4) is 6.07 Å². The number of imidazole rings is 1. The van der Waals surface area contributed by atoms with Crippen molar-refractivity contribution in [3.05, 3.63) is 59.7 Å². The Morgan fingerprint density at radius 1 is 1.40 bits per heavy atom. The molecule has 1 N–H and O–H groups in total. The zero-order valence-corrected chi connectivity index (χ0v) is 12.6. The third-order valence-electron chi connectivity index (χ3n) is 2.78. The molecule has 0 fully saturated rings. The molecule has 0 bridgehead atoms. The Balaban J connectivity index is 0.00000200. The Labute approximate surface area is 128 Å². The summed E-state index contributed by atoms with van der Waals surface area (Å²) in [5, 5.41) is 8.46. The molecule has 0 aliphatic heterocycles. The van der Waals surface area contributed by atoms with Crippen molar-refractivity contribution in [2.24, 2.45) is 0 Å². The van der Waals surface area contributed by atoms with Crippen molar-refractivity contribution in [1.82, 2.24) is 4.98 Å². The number of halogens is 1. The summed E-state index contributed by atoms with van der Waals surface area (Å²) in [4.78, 5) is 14.3. The minimum Gasteiger partial charge on any atom is -1.00 e. The number of ketones is 1. The van der Waals surface area contributed by atoms with Crippen LogP contribution in [-0.4, -0.2) is 10.8 Å². The van der Waals surface area contributed by atoms with Crippen LogP contribution in [-0.2, 0) is 6.54 Å². The molecule has 1 aromatic heterocycles. The zero-order chi connectivity index (χ0) is 13.7. The summed E-state index contributed by atoms with van der Waals surface area (Å²) in [6, 6.07) is 9.83. The van der Waals surface area contributed by atoms with E-state index in [0.717, 1.165) is 11.1 Å². The summed E-state index contributed by atoms with van der Waals surface area (Å²) in [5.74, 6) is 0.604. The van der Waals surface area contributed by atoms with Gasteiger partial charge in [0.2, 0.25) is 5.78 Å². The van der Waals surface area contributed by atoms with Crippen LogP contribution in [0.3, 0.4) is 0 Å². The average Bonchev–Trinajstić information content (AvgIpc) is 2.86. The van der Waals surface area contributed by atoms with E-state index in [2.05, 4.69) is 4.98 Å². The van der Waals surface area contributed by atoms with Gasteiger partial charge < -0.3 is 17.0 Å². The van der Waals surface area contributed by atoms with Crippen molar-refractivity contribution < 1.29 is 26.3 Å². The SMILES string of the molecule is CC(=O)c1[nH]cc[n+]1Cc1ccc(C=CC#N)cc1.[Br-]. The number of allylic oxidation sites excluding steroid dienone is 1. The molecular formula is C15H14BrN3O. The number of nitrogens with one attached hydrogen (secondary N) is 1. The van der Waals surface area contributed by atoms with Gasteiger partial charge >= 0.3 is 5.82 Å². The van der Waals surface area contributed by atoms with Gasteiger partial charge in [-0.05, 0) is 17.2 Å². The number of hydrogen-bond acceptors (Lipinski definition) is 2. The van der Waals surface area contributed by atoms with E-state index >= 15 is 0 Å². The number of Topliss-reactive ketones (excluding diaryl/α,β-unsaturated/α-hetero) is 1. The fraction of sp³-hybridized carbons (Fsp3) is 0.133. The summed E-state index contributed by atoms with van der Waals surface area (Å²) in [5.41, 5.74) is 2.08. The Bertz CT molecular complexity index is 651. The normalized spacial score (nSPS) is 10.0. The van der Waals surface area contributed by atoms with E-state index in [-0.39, 0.29) is 22.8 Å². The maximum atomic E-state index is 11.4. The molecule has 2 rings (SSSR count). The third kappa shape index (κ3) is 3.90. The van der Waals surface area contributed by atoms with Crippen LogP contribution in [0.2, 0.25) is 0 Å². The second-order valence-electron chi connectivity index (χ2n) is 4.20. The minimum atomic E-state index is 0. The molecule has 0 unspecified atom stereocenters. The van der Waals surface area contributed by atoms with Crippen molar-refractivity contribution in [2.45, 2.75) is 13.5 Å².